The van der Waals surface area contributed by atoms with Crippen molar-refractivity contribution < 1.29 is 18.0 Å². The Morgan fingerprint density at radius 3 is 2.62 bits per heavy atom. The minimum Gasteiger partial charge on any atom is -0.333 e. The number of nitrogens with zero attached hydrogens (tertiary/aromatic N) is 6. The second-order valence-electron chi connectivity index (χ2n) is 9.65. The van der Waals surface area contributed by atoms with Crippen molar-refractivity contribution in [2.24, 2.45) is 7.05 Å². The van der Waals surface area contributed by atoms with Crippen LogP contribution in [-0.2, 0) is 26.2 Å². The highest BCUT2D eigenvalue weighted by Crippen LogP contribution is 2.41. The third-order valence-corrected chi connectivity index (χ3v) is 7.18. The van der Waals surface area contributed by atoms with E-state index in [2.05, 4.69) is 15.1 Å². The SMILES string of the molecule is Cc1cc(Cl)c2nccc(N3CCc4c(cc(Cn5ccnc5)cc4-c4cn(C)nc4C(F)(F)F)C3=O)c2c1. The molecule has 2 aromatic carbocycles. The number of benzene rings is 2. The van der Waals surface area contributed by atoms with E-state index in [1.165, 1.54) is 13.2 Å². The van der Waals surface area contributed by atoms with Crippen LogP contribution in [-0.4, -0.2) is 36.8 Å². The summed E-state index contributed by atoms with van der Waals surface area (Å²) in [5, 5.41) is 4.93. The Labute approximate surface area is 226 Å². The number of hydrogen-bond donors (Lipinski definition) is 0. The van der Waals surface area contributed by atoms with E-state index >= 15 is 0 Å². The molecule has 0 bridgehead atoms. The van der Waals surface area contributed by atoms with Crippen molar-refractivity contribution in [2.75, 3.05) is 11.4 Å². The minimum absolute atomic E-state index is 0.0493. The topological polar surface area (TPSA) is 68.8 Å². The fraction of sp³-hybridized carbons (Fsp3) is 0.214. The lowest BCUT2D eigenvalue weighted by molar-refractivity contribution is -0.140. The normalized spacial score (nSPS) is 13.8. The van der Waals surface area contributed by atoms with E-state index in [1.54, 1.807) is 52.6 Å². The van der Waals surface area contributed by atoms with Gasteiger partial charge in [0.1, 0.15) is 0 Å². The minimum atomic E-state index is -4.65. The number of carbonyl (C=O) groups is 1. The first-order valence-electron chi connectivity index (χ1n) is 12.2. The molecule has 0 radical (unpaired) electrons. The second-order valence-corrected chi connectivity index (χ2v) is 10.1. The van der Waals surface area contributed by atoms with Gasteiger partial charge < -0.3 is 9.47 Å². The van der Waals surface area contributed by atoms with Crippen molar-refractivity contribution in [2.45, 2.75) is 26.1 Å². The maximum atomic E-state index is 14.1. The predicted molar refractivity (Wildman–Crippen MR) is 142 cm³/mol. The number of aryl methyl sites for hydroxylation is 2. The van der Waals surface area contributed by atoms with Crippen LogP contribution in [0.5, 0.6) is 0 Å². The van der Waals surface area contributed by atoms with Gasteiger partial charge in [0.2, 0.25) is 0 Å². The number of amides is 1. The number of pyridine rings is 1. The number of rotatable bonds is 4. The summed E-state index contributed by atoms with van der Waals surface area (Å²) in [6.45, 7) is 2.53. The summed E-state index contributed by atoms with van der Waals surface area (Å²) < 4.78 is 44.9. The number of halogens is 4. The maximum absolute atomic E-state index is 14.1. The molecule has 0 unspecified atom stereocenters. The van der Waals surface area contributed by atoms with E-state index in [9.17, 15) is 18.0 Å². The third kappa shape index (κ3) is 4.44. The molecule has 1 aliphatic heterocycles. The molecule has 7 nitrogen and oxygen atoms in total. The van der Waals surface area contributed by atoms with Crippen LogP contribution in [0, 0.1) is 6.92 Å². The highest BCUT2D eigenvalue weighted by atomic mass is 35.5. The number of hydrogen-bond acceptors (Lipinski definition) is 4. The number of fused-ring (bicyclic) bond motifs is 2. The largest absolute Gasteiger partial charge is 0.435 e. The van der Waals surface area contributed by atoms with Gasteiger partial charge in [-0.3, -0.25) is 14.5 Å². The van der Waals surface area contributed by atoms with Crippen LogP contribution < -0.4 is 4.90 Å². The van der Waals surface area contributed by atoms with E-state index in [0.717, 1.165) is 15.6 Å². The monoisotopic (exact) mass is 550 g/mol. The van der Waals surface area contributed by atoms with Crippen molar-refractivity contribution in [3.05, 3.63) is 94.4 Å². The van der Waals surface area contributed by atoms with Crippen molar-refractivity contribution >= 4 is 34.1 Å². The molecular formula is C28H22ClF3N6O. The van der Waals surface area contributed by atoms with Gasteiger partial charge in [-0.1, -0.05) is 11.6 Å². The number of carbonyl (C=O) groups excluding carboxylic acids is 1. The highest BCUT2D eigenvalue weighted by molar-refractivity contribution is 6.35. The number of alkyl halides is 3. The van der Waals surface area contributed by atoms with Crippen molar-refractivity contribution in [3.63, 3.8) is 0 Å². The second kappa shape index (κ2) is 9.23. The van der Waals surface area contributed by atoms with E-state index < -0.39 is 11.9 Å². The number of aromatic nitrogens is 5. The Morgan fingerprint density at radius 2 is 1.87 bits per heavy atom. The molecule has 0 spiro atoms. The molecule has 3 aromatic heterocycles. The highest BCUT2D eigenvalue weighted by Gasteiger charge is 2.39. The van der Waals surface area contributed by atoms with Crippen LogP contribution in [0.1, 0.15) is 32.7 Å². The number of anilines is 1. The van der Waals surface area contributed by atoms with Gasteiger partial charge in [0.15, 0.2) is 5.69 Å². The van der Waals surface area contributed by atoms with Crippen molar-refractivity contribution in [1.29, 1.82) is 0 Å². The summed E-state index contributed by atoms with van der Waals surface area (Å²) in [5.41, 5.74) is 3.08. The zero-order chi connectivity index (χ0) is 27.5. The van der Waals surface area contributed by atoms with E-state index in [-0.39, 0.29) is 18.0 Å². The molecule has 39 heavy (non-hydrogen) atoms. The molecular weight excluding hydrogens is 529 g/mol. The predicted octanol–water partition coefficient (Wildman–Crippen LogP) is 6.06. The molecule has 198 valence electrons. The molecule has 0 fully saturated rings. The zero-order valence-corrected chi connectivity index (χ0v) is 21.8. The van der Waals surface area contributed by atoms with Crippen molar-refractivity contribution in [1.82, 2.24) is 24.3 Å². The molecule has 6 rings (SSSR count). The summed E-state index contributed by atoms with van der Waals surface area (Å²) in [7, 11) is 1.45. The van der Waals surface area contributed by atoms with Crippen LogP contribution in [0.15, 0.2) is 61.4 Å². The summed E-state index contributed by atoms with van der Waals surface area (Å²) in [6.07, 6.45) is 3.67. The third-order valence-electron chi connectivity index (χ3n) is 6.89. The first-order chi connectivity index (χ1) is 18.6. The van der Waals surface area contributed by atoms with Gasteiger partial charge in [0.05, 0.1) is 22.6 Å². The Morgan fingerprint density at radius 1 is 1.08 bits per heavy atom. The van der Waals surface area contributed by atoms with E-state index in [0.29, 0.717) is 51.4 Å². The zero-order valence-electron chi connectivity index (χ0n) is 21.0. The van der Waals surface area contributed by atoms with Crippen LogP contribution in [0.2, 0.25) is 5.02 Å². The van der Waals surface area contributed by atoms with Gasteiger partial charge in [-0.15, -0.1) is 0 Å². The molecule has 1 aliphatic rings. The molecule has 0 saturated heterocycles. The fourth-order valence-electron chi connectivity index (χ4n) is 5.28. The Bertz CT molecular complexity index is 1740. The van der Waals surface area contributed by atoms with E-state index in [4.69, 9.17) is 11.6 Å². The van der Waals surface area contributed by atoms with Gasteiger partial charge in [0, 0.05) is 61.4 Å². The Hall–Kier alpha value is -4.18. The molecule has 0 aliphatic carbocycles. The first-order valence-corrected chi connectivity index (χ1v) is 12.6. The molecule has 0 saturated carbocycles. The fourth-order valence-corrected chi connectivity index (χ4v) is 5.60. The lowest BCUT2D eigenvalue weighted by Crippen LogP contribution is -2.38. The van der Waals surface area contributed by atoms with Crippen LogP contribution in [0.25, 0.3) is 22.0 Å². The number of imidazole rings is 1. The molecule has 1 amide bonds. The smallest absolute Gasteiger partial charge is 0.333 e. The molecule has 0 atom stereocenters. The average Bonchev–Trinajstić information content (AvgIpc) is 3.53. The lowest BCUT2D eigenvalue weighted by Gasteiger charge is -2.31. The van der Waals surface area contributed by atoms with Crippen LogP contribution in [0.4, 0.5) is 18.9 Å². The average molecular weight is 551 g/mol. The Kier molecular flexibility index (Phi) is 5.95. The van der Waals surface area contributed by atoms with E-state index in [1.807, 2.05) is 19.1 Å². The summed E-state index contributed by atoms with van der Waals surface area (Å²) in [4.78, 5) is 24.2. The molecule has 11 heteroatoms. The summed E-state index contributed by atoms with van der Waals surface area (Å²) in [6, 6.07) is 8.99. The lowest BCUT2D eigenvalue weighted by atomic mass is 9.88. The summed E-state index contributed by atoms with van der Waals surface area (Å²) in [5.74, 6) is -0.299. The first kappa shape index (κ1) is 25.1. The standard InChI is InChI=1S/C28H22ClF3N6O/c1-16-9-21-24(3-5-34-25(21)23(29)10-16)38-7-4-18-19(22-14-36(2)35-26(22)28(30,31)32)11-17(12-20(18)27(38)39)13-37-8-6-33-15-37/h3,5-6,8-12,14-15H,4,7,13H2,1-2H3. The maximum Gasteiger partial charge on any atom is 0.435 e. The van der Waals surface area contributed by atoms with Crippen LogP contribution in [0.3, 0.4) is 0 Å². The van der Waals surface area contributed by atoms with Crippen LogP contribution >= 0.6 is 11.6 Å². The molecule has 0 N–H and O–H groups in total. The summed E-state index contributed by atoms with van der Waals surface area (Å²) >= 11 is 6.45. The van der Waals surface area contributed by atoms with Gasteiger partial charge >= 0.3 is 6.18 Å². The quantitative estimate of drug-likeness (QED) is 0.273. The van der Waals surface area contributed by atoms with Gasteiger partial charge in [0.25, 0.3) is 5.91 Å². The van der Waals surface area contributed by atoms with Gasteiger partial charge in [-0.05, 0) is 65.9 Å². The molecule has 5 aromatic rings. The van der Waals surface area contributed by atoms with Gasteiger partial charge in [-0.2, -0.15) is 18.3 Å². The molecule has 4 heterocycles. The Balaban J connectivity index is 1.53. The van der Waals surface area contributed by atoms with Crippen molar-refractivity contribution in [3.8, 4) is 11.1 Å². The van der Waals surface area contributed by atoms with Gasteiger partial charge in [-0.25, -0.2) is 4.98 Å².